The third kappa shape index (κ3) is 6.17. The monoisotopic (exact) mass is 439 g/mol. The average molecular weight is 440 g/mol. The van der Waals surface area contributed by atoms with Crippen molar-refractivity contribution in [3.63, 3.8) is 0 Å². The van der Waals surface area contributed by atoms with Gasteiger partial charge in [0.25, 0.3) is 5.91 Å². The first kappa shape index (κ1) is 22.0. The molecule has 3 heterocycles. The van der Waals surface area contributed by atoms with Crippen LogP contribution in [-0.4, -0.2) is 47.3 Å². The lowest BCUT2D eigenvalue weighted by Crippen LogP contribution is -2.47. The van der Waals surface area contributed by atoms with Crippen LogP contribution in [0.25, 0.3) is 0 Å². The molecule has 1 N–H and O–H groups in total. The molecule has 166 valence electrons. The molecule has 1 aromatic heterocycles. The Hall–Kier alpha value is -2.18. The van der Waals surface area contributed by atoms with Gasteiger partial charge in [-0.2, -0.15) is 0 Å². The van der Waals surface area contributed by atoms with Gasteiger partial charge in [-0.1, -0.05) is 43.2 Å². The second-order valence-electron chi connectivity index (χ2n) is 8.72. The second kappa shape index (κ2) is 10.9. The molecule has 2 aromatic rings. The SMILES string of the molecule is O=C(NC1CCCCN(Cc2ccccc2)C1=O)c1ccc(CN2CCCCCC2)s1. The number of likely N-dealkylation sites (tertiary alicyclic amines) is 2. The van der Waals surface area contributed by atoms with E-state index in [0.29, 0.717) is 17.8 Å². The van der Waals surface area contributed by atoms with E-state index in [1.807, 2.05) is 41.3 Å². The summed E-state index contributed by atoms with van der Waals surface area (Å²) in [6.07, 6.45) is 7.82. The van der Waals surface area contributed by atoms with E-state index in [0.717, 1.165) is 44.6 Å². The molecule has 0 saturated carbocycles. The summed E-state index contributed by atoms with van der Waals surface area (Å²) >= 11 is 1.56. The van der Waals surface area contributed by atoms with E-state index < -0.39 is 6.04 Å². The number of benzene rings is 1. The molecular weight excluding hydrogens is 406 g/mol. The first-order valence-corrected chi connectivity index (χ1v) is 12.5. The molecule has 2 aliphatic heterocycles. The van der Waals surface area contributed by atoms with Crippen molar-refractivity contribution in [1.82, 2.24) is 15.1 Å². The summed E-state index contributed by atoms with van der Waals surface area (Å²) in [5, 5.41) is 3.03. The molecule has 2 aliphatic rings. The van der Waals surface area contributed by atoms with Crippen LogP contribution in [0.15, 0.2) is 42.5 Å². The smallest absolute Gasteiger partial charge is 0.262 e. The maximum absolute atomic E-state index is 13.1. The Morgan fingerprint density at radius 3 is 2.42 bits per heavy atom. The lowest BCUT2D eigenvalue weighted by molar-refractivity contribution is -0.133. The molecule has 0 aliphatic carbocycles. The average Bonchev–Trinajstić information content (AvgIpc) is 3.00. The second-order valence-corrected chi connectivity index (χ2v) is 9.89. The van der Waals surface area contributed by atoms with Crippen LogP contribution in [0.2, 0.25) is 0 Å². The summed E-state index contributed by atoms with van der Waals surface area (Å²) in [6, 6.07) is 13.6. The number of hydrogen-bond acceptors (Lipinski definition) is 4. The standard InChI is InChI=1S/C25H33N3O2S/c29-24(23-14-13-21(31-23)19-27-15-7-1-2-8-16-27)26-22-12-6-9-17-28(25(22)30)18-20-10-4-3-5-11-20/h3-5,10-11,13-14,22H,1-2,6-9,12,15-19H2,(H,26,29). The molecule has 0 radical (unpaired) electrons. The minimum Gasteiger partial charge on any atom is -0.340 e. The van der Waals surface area contributed by atoms with E-state index in [2.05, 4.69) is 16.3 Å². The van der Waals surface area contributed by atoms with Gasteiger partial charge in [0.1, 0.15) is 6.04 Å². The Bertz CT molecular complexity index is 859. The zero-order chi connectivity index (χ0) is 21.5. The van der Waals surface area contributed by atoms with Crippen molar-refractivity contribution in [2.75, 3.05) is 19.6 Å². The van der Waals surface area contributed by atoms with Crippen LogP contribution in [0.1, 0.15) is 65.1 Å². The van der Waals surface area contributed by atoms with Crippen LogP contribution in [-0.2, 0) is 17.9 Å². The van der Waals surface area contributed by atoms with Crippen LogP contribution >= 0.6 is 11.3 Å². The number of thiophene rings is 1. The number of carbonyl (C=O) groups is 2. The molecule has 0 bridgehead atoms. The minimum absolute atomic E-state index is 0.0380. The number of nitrogens with zero attached hydrogens (tertiary/aromatic N) is 2. The molecule has 1 unspecified atom stereocenters. The van der Waals surface area contributed by atoms with Crippen LogP contribution in [0.4, 0.5) is 0 Å². The molecule has 2 saturated heterocycles. The minimum atomic E-state index is -0.435. The Kier molecular flexibility index (Phi) is 7.76. The fourth-order valence-electron chi connectivity index (χ4n) is 4.53. The summed E-state index contributed by atoms with van der Waals surface area (Å²) in [6.45, 7) is 4.57. The Morgan fingerprint density at radius 2 is 1.65 bits per heavy atom. The number of hydrogen-bond donors (Lipinski definition) is 1. The van der Waals surface area contributed by atoms with Gasteiger partial charge in [-0.25, -0.2) is 0 Å². The van der Waals surface area contributed by atoms with Crippen LogP contribution in [0.3, 0.4) is 0 Å². The predicted octanol–water partition coefficient (Wildman–Crippen LogP) is 4.44. The Labute approximate surface area is 189 Å². The van der Waals surface area contributed by atoms with Gasteiger partial charge in [0, 0.05) is 24.5 Å². The molecular formula is C25H33N3O2S. The van der Waals surface area contributed by atoms with Crippen molar-refractivity contribution >= 4 is 23.2 Å². The molecule has 1 atom stereocenters. The highest BCUT2D eigenvalue weighted by atomic mass is 32.1. The maximum atomic E-state index is 13.1. The van der Waals surface area contributed by atoms with Crippen LogP contribution in [0.5, 0.6) is 0 Å². The molecule has 1 aromatic carbocycles. The Morgan fingerprint density at radius 1 is 0.903 bits per heavy atom. The van der Waals surface area contributed by atoms with Gasteiger partial charge in [0.2, 0.25) is 5.91 Å². The highest BCUT2D eigenvalue weighted by Gasteiger charge is 2.29. The van der Waals surface area contributed by atoms with Crippen LogP contribution in [0, 0.1) is 0 Å². The predicted molar refractivity (Wildman–Crippen MR) is 125 cm³/mol. The summed E-state index contributed by atoms with van der Waals surface area (Å²) in [7, 11) is 0. The van der Waals surface area contributed by atoms with Gasteiger partial charge < -0.3 is 10.2 Å². The van der Waals surface area contributed by atoms with Crippen molar-refractivity contribution in [1.29, 1.82) is 0 Å². The lowest BCUT2D eigenvalue weighted by Gasteiger charge is -2.25. The normalized spacial score (nSPS) is 20.8. The molecule has 0 spiro atoms. The largest absolute Gasteiger partial charge is 0.340 e. The van der Waals surface area contributed by atoms with Gasteiger partial charge in [-0.05, 0) is 62.9 Å². The molecule has 4 rings (SSSR count). The van der Waals surface area contributed by atoms with E-state index in [1.165, 1.54) is 30.6 Å². The summed E-state index contributed by atoms with van der Waals surface area (Å²) < 4.78 is 0. The van der Waals surface area contributed by atoms with E-state index in [-0.39, 0.29) is 11.8 Å². The third-order valence-corrected chi connectivity index (χ3v) is 7.33. The van der Waals surface area contributed by atoms with Crippen LogP contribution < -0.4 is 5.32 Å². The van der Waals surface area contributed by atoms with E-state index in [1.54, 1.807) is 11.3 Å². The zero-order valence-corrected chi connectivity index (χ0v) is 19.0. The van der Waals surface area contributed by atoms with Gasteiger partial charge in [0.05, 0.1) is 4.88 Å². The topological polar surface area (TPSA) is 52.7 Å². The van der Waals surface area contributed by atoms with E-state index >= 15 is 0 Å². The lowest BCUT2D eigenvalue weighted by atomic mass is 10.1. The summed E-state index contributed by atoms with van der Waals surface area (Å²) in [4.78, 5) is 32.4. The van der Waals surface area contributed by atoms with Gasteiger partial charge in [-0.15, -0.1) is 11.3 Å². The molecule has 5 nitrogen and oxygen atoms in total. The summed E-state index contributed by atoms with van der Waals surface area (Å²) in [5.41, 5.74) is 1.12. The van der Waals surface area contributed by atoms with Crippen molar-refractivity contribution in [3.8, 4) is 0 Å². The van der Waals surface area contributed by atoms with Gasteiger partial charge in [0.15, 0.2) is 0 Å². The first-order valence-electron chi connectivity index (χ1n) is 11.6. The third-order valence-electron chi connectivity index (χ3n) is 6.27. The highest BCUT2D eigenvalue weighted by molar-refractivity contribution is 7.14. The van der Waals surface area contributed by atoms with E-state index in [9.17, 15) is 9.59 Å². The van der Waals surface area contributed by atoms with Crippen molar-refractivity contribution in [3.05, 3.63) is 57.8 Å². The van der Waals surface area contributed by atoms with Gasteiger partial charge in [-0.3, -0.25) is 14.5 Å². The fraction of sp³-hybridized carbons (Fsp3) is 0.520. The molecule has 2 fully saturated rings. The maximum Gasteiger partial charge on any atom is 0.262 e. The quantitative estimate of drug-likeness (QED) is 0.724. The van der Waals surface area contributed by atoms with Crippen molar-refractivity contribution in [2.24, 2.45) is 0 Å². The number of amides is 2. The first-order chi connectivity index (χ1) is 15.2. The highest BCUT2D eigenvalue weighted by Crippen LogP contribution is 2.22. The molecule has 6 heteroatoms. The number of rotatable bonds is 6. The fourth-order valence-corrected chi connectivity index (χ4v) is 5.48. The van der Waals surface area contributed by atoms with E-state index in [4.69, 9.17) is 0 Å². The van der Waals surface area contributed by atoms with Crippen molar-refractivity contribution < 1.29 is 9.59 Å². The number of carbonyl (C=O) groups excluding carboxylic acids is 2. The summed E-state index contributed by atoms with van der Waals surface area (Å²) in [5.74, 6) is -0.0805. The number of nitrogens with one attached hydrogen (secondary N) is 1. The van der Waals surface area contributed by atoms with Gasteiger partial charge >= 0.3 is 0 Å². The zero-order valence-electron chi connectivity index (χ0n) is 18.2. The molecule has 31 heavy (non-hydrogen) atoms. The Balaban J connectivity index is 1.35. The molecule has 2 amide bonds. The van der Waals surface area contributed by atoms with Crippen molar-refractivity contribution in [2.45, 2.75) is 64.1 Å².